The zero-order chi connectivity index (χ0) is 70.1. The van der Waals surface area contributed by atoms with Crippen molar-refractivity contribution in [2.45, 2.75) is 191 Å². The summed E-state index contributed by atoms with van der Waals surface area (Å²) in [5.41, 5.74) is 0. The molecular formula is C44H47F34NO8P+. The lowest BCUT2D eigenvalue weighted by molar-refractivity contribution is -0.870. The molecule has 0 aromatic rings. The number of nitrogens with zero attached hydrogens (tertiary/aromatic N) is 1. The van der Waals surface area contributed by atoms with Crippen molar-refractivity contribution in [1.82, 2.24) is 0 Å². The molecule has 9 nitrogen and oxygen atoms in total. The number of likely N-dealkylation sites (N-methyl/N-ethyl adjacent to an activating group) is 1. The molecule has 0 fully saturated rings. The number of rotatable bonds is 36. The Labute approximate surface area is 473 Å². The van der Waals surface area contributed by atoms with Crippen LogP contribution in [0.4, 0.5) is 149 Å². The molecule has 518 valence electrons. The van der Waals surface area contributed by atoms with E-state index in [1.54, 1.807) is 21.1 Å². The molecule has 0 bridgehead atoms. The number of halogens is 34. The zero-order valence-electron chi connectivity index (χ0n) is 44.4. The van der Waals surface area contributed by atoms with E-state index in [4.69, 9.17) is 18.5 Å². The first-order valence-corrected chi connectivity index (χ1v) is 25.5. The van der Waals surface area contributed by atoms with E-state index < -0.39 is 179 Å². The van der Waals surface area contributed by atoms with Gasteiger partial charge in [0, 0.05) is 25.7 Å². The van der Waals surface area contributed by atoms with Gasteiger partial charge in [-0.05, 0) is 37.5 Å². The summed E-state index contributed by atoms with van der Waals surface area (Å²) in [6, 6.07) is 0. The quantitative estimate of drug-likeness (QED) is 0.0165. The second kappa shape index (κ2) is 28.7. The van der Waals surface area contributed by atoms with Crippen LogP contribution in [0, 0.1) is 23.7 Å². The summed E-state index contributed by atoms with van der Waals surface area (Å²) < 4.78 is 489. The summed E-state index contributed by atoms with van der Waals surface area (Å²) >= 11 is 0. The van der Waals surface area contributed by atoms with Crippen LogP contribution in [0.1, 0.15) is 89.9 Å². The van der Waals surface area contributed by atoms with Gasteiger partial charge in [0.15, 0.2) is 6.10 Å². The highest BCUT2D eigenvalue weighted by molar-refractivity contribution is 7.47. The maximum absolute atomic E-state index is 14.0. The van der Waals surface area contributed by atoms with Crippen LogP contribution in [0.3, 0.4) is 0 Å². The molecule has 0 saturated carbocycles. The average molecular weight is 1390 g/mol. The van der Waals surface area contributed by atoms with Crippen LogP contribution in [0.5, 0.6) is 0 Å². The fraction of sp³-hybridized carbons (Fsp3) is 0.864. The molecule has 0 aliphatic heterocycles. The Morgan fingerprint density at radius 2 is 0.682 bits per heavy atom. The number of ether oxygens (including phenoxy) is 2. The fourth-order valence-electron chi connectivity index (χ4n) is 6.12. The van der Waals surface area contributed by atoms with Gasteiger partial charge in [0.2, 0.25) is 0 Å². The van der Waals surface area contributed by atoms with Crippen LogP contribution in [0.2, 0.25) is 0 Å². The number of hydrogen-bond acceptors (Lipinski definition) is 7. The number of phosphoric acid groups is 1. The molecule has 0 aliphatic carbocycles. The van der Waals surface area contributed by atoms with E-state index in [1.165, 1.54) is 0 Å². The summed E-state index contributed by atoms with van der Waals surface area (Å²) in [7, 11) is -0.000111. The van der Waals surface area contributed by atoms with Gasteiger partial charge in [-0.2, -0.15) is 149 Å². The second-order valence-electron chi connectivity index (χ2n) is 19.6. The van der Waals surface area contributed by atoms with Crippen molar-refractivity contribution < 1.29 is 191 Å². The third-order valence-corrected chi connectivity index (χ3v) is 12.5. The van der Waals surface area contributed by atoms with Crippen molar-refractivity contribution in [3.63, 3.8) is 0 Å². The number of quaternary nitrogens is 1. The third kappa shape index (κ3) is 18.3. The van der Waals surface area contributed by atoms with E-state index >= 15 is 0 Å². The van der Waals surface area contributed by atoms with E-state index in [2.05, 4.69) is 0 Å². The van der Waals surface area contributed by atoms with Crippen LogP contribution in [-0.2, 0) is 32.7 Å². The van der Waals surface area contributed by atoms with Crippen molar-refractivity contribution in [1.29, 1.82) is 0 Å². The summed E-state index contributed by atoms with van der Waals surface area (Å²) in [4.78, 5) is 35.0. The standard InChI is InChI=1S/C44H46F34NO8P/c1-79(2,3)22-23-85-88(82,83)86-25-26(87-28(81)19-15-11-7-5-9-13-17-21-30(47,48)32(51,52)34(55,56)36(59,60)38(63,64)40(67,68)42(71,72)44(76,77)78)24-84-27(80)18-14-10-6-4-8-12-16-20-29(45,46)31(49,50)33(53,54)35(57,58)37(61,62)39(65,66)41(69,70)43(73,74)75/h26H,4-15,18-19,22-25H2,1-3H3/p+1/t26-/m1/s1. The van der Waals surface area contributed by atoms with Gasteiger partial charge in [-0.1, -0.05) is 50.4 Å². The highest BCUT2D eigenvalue weighted by Crippen LogP contribution is 2.66. The SMILES string of the molecule is C[N+](C)(C)CCOP(=O)(O)OC[C@@H](COC(=O)CCCCCCCC#CC(F)(F)C(F)(F)C(F)(F)C(F)(F)C(F)(F)C(F)(F)C(F)(F)C(F)(F)F)OC(=O)CCCCCCCC#CC(F)(F)C(F)(F)C(F)(F)C(F)(F)C(F)(F)C(F)(F)C(F)(F)C(F)(F)F. The molecule has 0 aliphatic rings. The predicted octanol–water partition coefficient (Wildman–Crippen LogP) is 15.8. The molecule has 88 heavy (non-hydrogen) atoms. The first-order valence-electron chi connectivity index (χ1n) is 24.0. The Morgan fingerprint density at radius 1 is 0.398 bits per heavy atom. The molecular weight excluding hydrogens is 1350 g/mol. The van der Waals surface area contributed by atoms with Crippen molar-refractivity contribution in [2.24, 2.45) is 0 Å². The molecule has 0 amide bonds. The third-order valence-electron chi connectivity index (χ3n) is 11.5. The molecule has 0 aromatic heterocycles. The van der Waals surface area contributed by atoms with Crippen LogP contribution < -0.4 is 0 Å². The predicted molar refractivity (Wildman–Crippen MR) is 227 cm³/mol. The largest absolute Gasteiger partial charge is 0.472 e. The van der Waals surface area contributed by atoms with Gasteiger partial charge in [-0.3, -0.25) is 18.6 Å². The van der Waals surface area contributed by atoms with Crippen molar-refractivity contribution in [3.8, 4) is 23.7 Å². The molecule has 0 rings (SSSR count). The Hall–Kier alpha value is -4.25. The summed E-state index contributed by atoms with van der Waals surface area (Å²) in [6.45, 7) is -2.24. The van der Waals surface area contributed by atoms with Crippen LogP contribution in [0.15, 0.2) is 0 Å². The van der Waals surface area contributed by atoms with Gasteiger partial charge in [-0.25, -0.2) is 4.57 Å². The molecule has 2 atom stereocenters. The van der Waals surface area contributed by atoms with E-state index in [0.717, 1.165) is 11.8 Å². The van der Waals surface area contributed by atoms with Crippen molar-refractivity contribution in [3.05, 3.63) is 0 Å². The number of unbranched alkanes of at least 4 members (excludes halogenated alkanes) is 10. The minimum atomic E-state index is -8.81. The lowest BCUT2D eigenvalue weighted by Gasteiger charge is -2.42. The van der Waals surface area contributed by atoms with Gasteiger partial charge in [0.25, 0.3) is 0 Å². The maximum atomic E-state index is 14.0. The maximum Gasteiger partial charge on any atom is 0.472 e. The van der Waals surface area contributed by atoms with Crippen molar-refractivity contribution >= 4 is 19.8 Å². The van der Waals surface area contributed by atoms with Gasteiger partial charge in [0.05, 0.1) is 27.7 Å². The molecule has 44 heteroatoms. The number of esters is 2. The Balaban J connectivity index is 5.58. The van der Waals surface area contributed by atoms with Gasteiger partial charge in [-0.15, -0.1) is 0 Å². The summed E-state index contributed by atoms with van der Waals surface area (Å²) in [5, 5.41) is 0. The molecule has 0 saturated heterocycles. The van der Waals surface area contributed by atoms with E-state index in [0.29, 0.717) is 0 Å². The Morgan fingerprint density at radius 3 is 1.00 bits per heavy atom. The molecule has 0 heterocycles. The zero-order valence-corrected chi connectivity index (χ0v) is 45.2. The molecule has 0 spiro atoms. The number of phosphoric ester groups is 1. The number of alkyl halides is 34. The molecule has 0 aromatic carbocycles. The highest BCUT2D eigenvalue weighted by atomic mass is 31.2. The second-order valence-corrected chi connectivity index (χ2v) is 21.0. The van der Waals surface area contributed by atoms with Gasteiger partial charge in [0.1, 0.15) is 19.8 Å². The molecule has 1 N–H and O–H groups in total. The normalized spacial score (nSPS) is 15.8. The topological polar surface area (TPSA) is 108 Å². The molecule has 1 unspecified atom stereocenters. The van der Waals surface area contributed by atoms with Gasteiger partial charge < -0.3 is 18.9 Å². The smallest absolute Gasteiger partial charge is 0.462 e. The first-order chi connectivity index (χ1) is 38.8. The van der Waals surface area contributed by atoms with E-state index in [-0.39, 0.29) is 74.2 Å². The summed E-state index contributed by atoms with van der Waals surface area (Å²) in [6.07, 6.45) is -22.6. The average Bonchev–Trinajstić information content (AvgIpc) is 0.710. The minimum absolute atomic E-state index is 0.0177. The highest BCUT2D eigenvalue weighted by Gasteiger charge is 2.97. The van der Waals surface area contributed by atoms with E-state index in [9.17, 15) is 168 Å². The molecule has 0 radical (unpaired) electrons. The lowest BCUT2D eigenvalue weighted by atomic mass is 9.89. The number of hydrogen-bond donors (Lipinski definition) is 1. The van der Waals surface area contributed by atoms with Crippen molar-refractivity contribution in [2.75, 3.05) is 47.5 Å². The Bertz CT molecular complexity index is 2470. The first kappa shape index (κ1) is 83.8. The monoisotopic (exact) mass is 1390 g/mol. The lowest BCUT2D eigenvalue weighted by Crippen LogP contribution is -2.74. The van der Waals surface area contributed by atoms with Crippen LogP contribution in [0.25, 0.3) is 0 Å². The number of carbonyl (C=O) groups is 2. The van der Waals surface area contributed by atoms with Crippen LogP contribution >= 0.6 is 7.82 Å². The van der Waals surface area contributed by atoms with Crippen LogP contribution in [-0.4, -0.2) is 170 Å². The van der Waals surface area contributed by atoms with Gasteiger partial charge >= 0.3 is 115 Å². The van der Waals surface area contributed by atoms with E-state index in [1.807, 2.05) is 0 Å². The minimum Gasteiger partial charge on any atom is -0.462 e. The fourth-order valence-corrected chi connectivity index (χ4v) is 6.86. The Kier molecular flexibility index (Phi) is 27.3. The summed E-state index contributed by atoms with van der Waals surface area (Å²) in [5.74, 6) is -116. The number of carbonyl (C=O) groups excluding carboxylic acids is 2.